The molecule has 11 heavy (non-hydrogen) atoms. The Morgan fingerprint density at radius 3 is 1.55 bits per heavy atom. The second-order valence-electron chi connectivity index (χ2n) is 2.67. The predicted octanol–water partition coefficient (Wildman–Crippen LogP) is -2.61. The molecule has 0 saturated carbocycles. The van der Waals surface area contributed by atoms with Crippen LogP contribution < -0.4 is 11.5 Å². The summed E-state index contributed by atoms with van der Waals surface area (Å²) >= 11 is 0. The quantitative estimate of drug-likeness (QED) is 0.356. The minimum absolute atomic E-state index is 0.203. The molecule has 0 aromatic rings. The van der Waals surface area contributed by atoms with Gasteiger partial charge < -0.3 is 26.4 Å². The molecule has 1 heterocycles. The molecule has 0 bridgehead atoms. The number of hydrogen-bond acceptors (Lipinski definition) is 5. The molecule has 4 atom stereocenters. The van der Waals surface area contributed by atoms with Crippen LogP contribution in [0.25, 0.3) is 0 Å². The molecule has 1 rings (SSSR count). The summed E-state index contributed by atoms with van der Waals surface area (Å²) < 4.78 is 5.13. The largest absolute Gasteiger partial charge is 0.388 e. The van der Waals surface area contributed by atoms with Gasteiger partial charge in [-0.1, -0.05) is 0 Å². The zero-order valence-electron chi connectivity index (χ0n) is 6.18. The summed E-state index contributed by atoms with van der Waals surface area (Å²) in [6, 6.07) is 0. The molecule has 1 aliphatic heterocycles. The van der Waals surface area contributed by atoms with E-state index in [1.54, 1.807) is 0 Å². The number of aliphatic hydroxyl groups excluding tert-OH is 2. The molecule has 1 saturated heterocycles. The molecule has 66 valence electrons. The molecule has 1 fully saturated rings. The third-order valence-corrected chi connectivity index (χ3v) is 1.93. The van der Waals surface area contributed by atoms with Gasteiger partial charge >= 0.3 is 0 Å². The van der Waals surface area contributed by atoms with Gasteiger partial charge in [-0.25, -0.2) is 0 Å². The average Bonchev–Trinajstić information content (AvgIpc) is 2.30. The fourth-order valence-electron chi connectivity index (χ4n) is 1.22. The van der Waals surface area contributed by atoms with E-state index in [1.807, 2.05) is 0 Å². The highest BCUT2D eigenvalue weighted by Gasteiger charge is 2.40. The van der Waals surface area contributed by atoms with Crippen molar-refractivity contribution in [3.63, 3.8) is 0 Å². The first-order valence-corrected chi connectivity index (χ1v) is 3.62. The van der Waals surface area contributed by atoms with Crippen LogP contribution in [-0.2, 0) is 4.74 Å². The van der Waals surface area contributed by atoms with Gasteiger partial charge in [0.15, 0.2) is 0 Å². The van der Waals surface area contributed by atoms with Gasteiger partial charge in [-0.3, -0.25) is 0 Å². The topological polar surface area (TPSA) is 102 Å². The summed E-state index contributed by atoms with van der Waals surface area (Å²) in [7, 11) is 0. The fourth-order valence-corrected chi connectivity index (χ4v) is 1.22. The van der Waals surface area contributed by atoms with Crippen LogP contribution in [0.15, 0.2) is 0 Å². The Bertz CT molecular complexity index is 115. The molecule has 5 nitrogen and oxygen atoms in total. The van der Waals surface area contributed by atoms with Gasteiger partial charge in [-0.05, 0) is 0 Å². The van der Waals surface area contributed by atoms with E-state index >= 15 is 0 Å². The van der Waals surface area contributed by atoms with Gasteiger partial charge in [0.25, 0.3) is 0 Å². The van der Waals surface area contributed by atoms with Crippen LogP contribution in [0.5, 0.6) is 0 Å². The van der Waals surface area contributed by atoms with Gasteiger partial charge in [0, 0.05) is 13.1 Å². The van der Waals surface area contributed by atoms with Crippen LogP contribution in [0.4, 0.5) is 0 Å². The molecule has 0 aromatic carbocycles. The second kappa shape index (κ2) is 3.46. The van der Waals surface area contributed by atoms with Gasteiger partial charge in [0.1, 0.15) is 12.2 Å². The van der Waals surface area contributed by atoms with Crippen LogP contribution in [0.2, 0.25) is 0 Å². The highest BCUT2D eigenvalue weighted by Crippen LogP contribution is 2.19. The van der Waals surface area contributed by atoms with Crippen LogP contribution in [-0.4, -0.2) is 47.7 Å². The lowest BCUT2D eigenvalue weighted by Gasteiger charge is -2.11. The Labute approximate surface area is 64.9 Å². The van der Waals surface area contributed by atoms with Crippen molar-refractivity contribution in [2.75, 3.05) is 13.1 Å². The van der Waals surface area contributed by atoms with E-state index in [4.69, 9.17) is 16.2 Å². The van der Waals surface area contributed by atoms with Gasteiger partial charge in [0.2, 0.25) is 0 Å². The highest BCUT2D eigenvalue weighted by atomic mass is 16.5. The first-order chi connectivity index (χ1) is 5.20. The van der Waals surface area contributed by atoms with Crippen molar-refractivity contribution in [3.05, 3.63) is 0 Å². The van der Waals surface area contributed by atoms with Crippen molar-refractivity contribution in [2.24, 2.45) is 11.5 Å². The lowest BCUT2D eigenvalue weighted by Crippen LogP contribution is -2.37. The van der Waals surface area contributed by atoms with Crippen molar-refractivity contribution in [2.45, 2.75) is 24.4 Å². The molecule has 0 aromatic heterocycles. The fraction of sp³-hybridized carbons (Fsp3) is 1.00. The van der Waals surface area contributed by atoms with Gasteiger partial charge in [0.05, 0.1) is 12.2 Å². The summed E-state index contributed by atoms with van der Waals surface area (Å²) in [4.78, 5) is 0. The van der Waals surface area contributed by atoms with Crippen molar-refractivity contribution in [1.82, 2.24) is 0 Å². The Morgan fingerprint density at radius 1 is 1.00 bits per heavy atom. The summed E-state index contributed by atoms with van der Waals surface area (Å²) in [5.74, 6) is 0. The van der Waals surface area contributed by atoms with E-state index in [1.165, 1.54) is 0 Å². The highest BCUT2D eigenvalue weighted by molar-refractivity contribution is 4.91. The Balaban J connectivity index is 2.53. The van der Waals surface area contributed by atoms with E-state index in [-0.39, 0.29) is 13.1 Å². The van der Waals surface area contributed by atoms with Crippen molar-refractivity contribution in [3.8, 4) is 0 Å². The maximum Gasteiger partial charge on any atom is 0.110 e. The first-order valence-electron chi connectivity index (χ1n) is 3.62. The van der Waals surface area contributed by atoms with Crippen LogP contribution >= 0.6 is 0 Å². The van der Waals surface area contributed by atoms with E-state index in [2.05, 4.69) is 0 Å². The minimum atomic E-state index is -0.895. The zero-order valence-corrected chi connectivity index (χ0v) is 6.18. The standard InChI is InChI=1S/C6H14N2O3/c7-1-3-5(9)6(10)4(2-8)11-3/h3-6,9-10H,1-2,7-8H2/t3-,4+,5-,6-/m1/s1. The number of ether oxygens (including phenoxy) is 1. The number of hydrogen-bond donors (Lipinski definition) is 4. The zero-order chi connectivity index (χ0) is 8.43. The monoisotopic (exact) mass is 162 g/mol. The molecule has 0 amide bonds. The first kappa shape index (κ1) is 8.89. The maximum atomic E-state index is 9.25. The number of nitrogens with two attached hydrogens (primary N) is 2. The van der Waals surface area contributed by atoms with Crippen LogP contribution in [0.3, 0.4) is 0 Å². The average molecular weight is 162 g/mol. The van der Waals surface area contributed by atoms with Crippen molar-refractivity contribution < 1.29 is 14.9 Å². The van der Waals surface area contributed by atoms with E-state index in [0.717, 1.165) is 0 Å². The Hall–Kier alpha value is -0.200. The number of aliphatic hydroxyl groups is 2. The van der Waals surface area contributed by atoms with Gasteiger partial charge in [-0.2, -0.15) is 0 Å². The van der Waals surface area contributed by atoms with E-state index < -0.39 is 24.4 Å². The minimum Gasteiger partial charge on any atom is -0.388 e. The molecule has 1 aliphatic rings. The molecule has 0 radical (unpaired) electrons. The Morgan fingerprint density at radius 2 is 1.36 bits per heavy atom. The van der Waals surface area contributed by atoms with E-state index in [9.17, 15) is 10.2 Å². The molecule has 0 unspecified atom stereocenters. The van der Waals surface area contributed by atoms with Crippen LogP contribution in [0, 0.1) is 0 Å². The summed E-state index contributed by atoms with van der Waals surface area (Å²) in [6.45, 7) is 0.406. The summed E-state index contributed by atoms with van der Waals surface area (Å²) in [5.41, 5.74) is 10.5. The number of rotatable bonds is 2. The third kappa shape index (κ3) is 1.52. The molecule has 0 spiro atoms. The van der Waals surface area contributed by atoms with Crippen molar-refractivity contribution in [1.29, 1.82) is 0 Å². The lowest BCUT2D eigenvalue weighted by atomic mass is 10.1. The SMILES string of the molecule is NC[C@@H]1O[C@H](CN)[C@@H](O)[C@@H]1O. The molecule has 6 N–H and O–H groups in total. The summed E-state index contributed by atoms with van der Waals surface area (Å²) in [5, 5.41) is 18.5. The Kier molecular flexibility index (Phi) is 2.80. The smallest absolute Gasteiger partial charge is 0.110 e. The molecule has 0 aliphatic carbocycles. The normalized spacial score (nSPS) is 44.7. The second-order valence-corrected chi connectivity index (χ2v) is 2.67. The van der Waals surface area contributed by atoms with E-state index in [0.29, 0.717) is 0 Å². The van der Waals surface area contributed by atoms with Gasteiger partial charge in [-0.15, -0.1) is 0 Å². The van der Waals surface area contributed by atoms with Crippen molar-refractivity contribution >= 4 is 0 Å². The third-order valence-electron chi connectivity index (χ3n) is 1.93. The molecular weight excluding hydrogens is 148 g/mol. The lowest BCUT2D eigenvalue weighted by molar-refractivity contribution is 0.0179. The molecular formula is C6H14N2O3. The molecule has 5 heteroatoms. The summed E-state index contributed by atoms with van der Waals surface area (Å²) in [6.07, 6.45) is -2.74. The van der Waals surface area contributed by atoms with Crippen LogP contribution in [0.1, 0.15) is 0 Å². The predicted molar refractivity (Wildman–Crippen MR) is 38.8 cm³/mol. The maximum absolute atomic E-state index is 9.25.